The van der Waals surface area contributed by atoms with E-state index < -0.39 is 5.97 Å². The van der Waals surface area contributed by atoms with E-state index in [0.29, 0.717) is 6.42 Å². The molecular formula is C22H41NO3. The topological polar surface area (TPSA) is 66.4 Å². The third kappa shape index (κ3) is 16.2. The van der Waals surface area contributed by atoms with Crippen molar-refractivity contribution in [3.8, 4) is 0 Å². The zero-order valence-electron chi connectivity index (χ0n) is 17.2. The Balaban J connectivity index is 3.29. The summed E-state index contributed by atoms with van der Waals surface area (Å²) >= 11 is 0. The molecule has 0 bridgehead atoms. The number of hydrogen-bond donors (Lipinski definition) is 2. The molecule has 0 aromatic heterocycles. The van der Waals surface area contributed by atoms with Crippen LogP contribution in [0.2, 0.25) is 0 Å². The van der Waals surface area contributed by atoms with E-state index in [1.807, 2.05) is 0 Å². The quantitative estimate of drug-likeness (QED) is 0.219. The number of amides is 1. The Morgan fingerprint density at radius 3 is 1.46 bits per heavy atom. The van der Waals surface area contributed by atoms with Gasteiger partial charge in [-0.3, -0.25) is 4.79 Å². The minimum Gasteiger partial charge on any atom is -0.477 e. The number of carbonyl (C=O) groups excluding carboxylic acids is 1. The zero-order valence-corrected chi connectivity index (χ0v) is 17.2. The lowest BCUT2D eigenvalue weighted by Gasteiger charge is -2.05. The molecule has 0 aliphatic heterocycles. The van der Waals surface area contributed by atoms with Crippen molar-refractivity contribution in [1.82, 2.24) is 5.32 Å². The van der Waals surface area contributed by atoms with Crippen LogP contribution in [0.15, 0.2) is 11.8 Å². The van der Waals surface area contributed by atoms with Gasteiger partial charge in [-0.1, -0.05) is 103 Å². The van der Waals surface area contributed by atoms with Crippen molar-refractivity contribution in [2.24, 2.45) is 0 Å². The highest BCUT2D eigenvalue weighted by Gasteiger charge is 2.09. The smallest absolute Gasteiger partial charge is 0.352 e. The molecule has 26 heavy (non-hydrogen) atoms. The third-order valence-electron chi connectivity index (χ3n) is 4.80. The van der Waals surface area contributed by atoms with Crippen molar-refractivity contribution in [1.29, 1.82) is 0 Å². The summed E-state index contributed by atoms with van der Waals surface area (Å²) in [5.74, 6) is -1.28. The number of allylic oxidation sites excluding steroid dienone is 1. The molecule has 0 aliphatic carbocycles. The molecule has 0 aromatic rings. The average molecular weight is 368 g/mol. The normalized spacial score (nSPS) is 11.5. The molecule has 0 saturated carbocycles. The van der Waals surface area contributed by atoms with Crippen LogP contribution in [-0.2, 0) is 9.59 Å². The molecule has 0 spiro atoms. The Morgan fingerprint density at radius 1 is 0.731 bits per heavy atom. The Kier molecular flexibility index (Phi) is 17.5. The number of hydrogen-bond acceptors (Lipinski definition) is 2. The van der Waals surface area contributed by atoms with Gasteiger partial charge in [-0.2, -0.15) is 0 Å². The first kappa shape index (κ1) is 24.7. The van der Waals surface area contributed by atoms with Crippen LogP contribution in [0, 0.1) is 0 Å². The Labute approximate surface area is 160 Å². The number of carbonyl (C=O) groups is 2. The van der Waals surface area contributed by atoms with Gasteiger partial charge in [0.1, 0.15) is 5.70 Å². The van der Waals surface area contributed by atoms with Gasteiger partial charge in [-0.05, 0) is 13.3 Å². The first-order valence-electron chi connectivity index (χ1n) is 10.8. The molecule has 0 rings (SSSR count). The Hall–Kier alpha value is -1.32. The maximum Gasteiger partial charge on any atom is 0.352 e. The van der Waals surface area contributed by atoms with Gasteiger partial charge in [0.2, 0.25) is 5.91 Å². The molecule has 0 heterocycles. The monoisotopic (exact) mass is 367 g/mol. The van der Waals surface area contributed by atoms with Crippen LogP contribution in [0.25, 0.3) is 0 Å². The minimum absolute atomic E-state index is 0.0315. The molecule has 2 N–H and O–H groups in total. The first-order chi connectivity index (χ1) is 12.6. The Morgan fingerprint density at radius 2 is 1.12 bits per heavy atom. The SMILES string of the molecule is C/C=C(\NC(=O)CCCCCCCCCCCCCCCCC)C(=O)O. The zero-order chi connectivity index (χ0) is 19.5. The molecule has 0 unspecified atom stereocenters. The van der Waals surface area contributed by atoms with Crippen LogP contribution in [0.5, 0.6) is 0 Å². The second-order valence-electron chi connectivity index (χ2n) is 7.26. The highest BCUT2D eigenvalue weighted by molar-refractivity contribution is 5.92. The van der Waals surface area contributed by atoms with Crippen molar-refractivity contribution in [3.05, 3.63) is 11.8 Å². The maximum absolute atomic E-state index is 11.6. The van der Waals surface area contributed by atoms with Gasteiger partial charge in [-0.15, -0.1) is 0 Å². The number of unbranched alkanes of at least 4 members (excludes halogenated alkanes) is 14. The molecule has 0 aromatic carbocycles. The van der Waals surface area contributed by atoms with E-state index in [1.54, 1.807) is 6.92 Å². The molecule has 0 saturated heterocycles. The average Bonchev–Trinajstić information content (AvgIpc) is 2.62. The lowest BCUT2D eigenvalue weighted by molar-refractivity contribution is -0.134. The van der Waals surface area contributed by atoms with Crippen LogP contribution in [-0.4, -0.2) is 17.0 Å². The lowest BCUT2D eigenvalue weighted by Crippen LogP contribution is -2.26. The number of nitrogens with one attached hydrogen (secondary N) is 1. The van der Waals surface area contributed by atoms with Crippen molar-refractivity contribution in [3.63, 3.8) is 0 Å². The third-order valence-corrected chi connectivity index (χ3v) is 4.80. The maximum atomic E-state index is 11.6. The second kappa shape index (κ2) is 18.5. The van der Waals surface area contributed by atoms with Crippen LogP contribution >= 0.6 is 0 Å². The molecule has 1 amide bonds. The summed E-state index contributed by atoms with van der Waals surface area (Å²) in [6.45, 7) is 3.87. The largest absolute Gasteiger partial charge is 0.477 e. The molecule has 0 radical (unpaired) electrons. The van der Waals surface area contributed by atoms with Crippen molar-refractivity contribution < 1.29 is 14.7 Å². The fourth-order valence-electron chi connectivity index (χ4n) is 3.12. The summed E-state index contributed by atoms with van der Waals surface area (Å²) < 4.78 is 0. The standard InChI is InChI=1S/C22H41NO3/c1-3-5-6-7-8-9-10-11-12-13-14-15-16-17-18-19-21(24)23-20(4-2)22(25)26/h4H,3,5-19H2,1-2H3,(H,23,24)(H,25,26)/b20-4-. The minimum atomic E-state index is -1.09. The van der Waals surface area contributed by atoms with Crippen molar-refractivity contribution in [2.45, 2.75) is 117 Å². The van der Waals surface area contributed by atoms with Crippen molar-refractivity contribution >= 4 is 11.9 Å². The highest BCUT2D eigenvalue weighted by Crippen LogP contribution is 2.13. The predicted molar refractivity (Wildman–Crippen MR) is 109 cm³/mol. The molecular weight excluding hydrogens is 326 g/mol. The van der Waals surface area contributed by atoms with Crippen LogP contribution in [0.3, 0.4) is 0 Å². The van der Waals surface area contributed by atoms with E-state index in [9.17, 15) is 9.59 Å². The lowest BCUT2D eigenvalue weighted by atomic mass is 10.0. The van der Waals surface area contributed by atoms with Crippen LogP contribution in [0.1, 0.15) is 117 Å². The summed E-state index contributed by atoms with van der Waals surface area (Å²) in [4.78, 5) is 22.4. The van der Waals surface area contributed by atoms with Gasteiger partial charge in [-0.25, -0.2) is 4.79 Å². The van der Waals surface area contributed by atoms with Gasteiger partial charge in [0, 0.05) is 6.42 Å². The van der Waals surface area contributed by atoms with Crippen molar-refractivity contribution in [2.75, 3.05) is 0 Å². The summed E-state index contributed by atoms with van der Waals surface area (Å²) in [5, 5.41) is 11.3. The predicted octanol–water partition coefficient (Wildman–Crippen LogP) is 6.35. The summed E-state index contributed by atoms with van der Waals surface area (Å²) in [7, 11) is 0. The summed E-state index contributed by atoms with van der Waals surface area (Å²) in [6.07, 6.45) is 21.2. The van der Waals surface area contributed by atoms with Gasteiger partial charge >= 0.3 is 5.97 Å². The van der Waals surface area contributed by atoms with Gasteiger partial charge in [0.15, 0.2) is 0 Å². The highest BCUT2D eigenvalue weighted by atomic mass is 16.4. The molecule has 0 aliphatic rings. The first-order valence-corrected chi connectivity index (χ1v) is 10.8. The molecule has 4 heteroatoms. The number of carboxylic acid groups (broad SMARTS) is 1. The number of carboxylic acids is 1. The molecule has 0 atom stereocenters. The van der Waals surface area contributed by atoms with Gasteiger partial charge in [0.05, 0.1) is 0 Å². The van der Waals surface area contributed by atoms with E-state index in [2.05, 4.69) is 12.2 Å². The van der Waals surface area contributed by atoms with Crippen LogP contribution in [0.4, 0.5) is 0 Å². The van der Waals surface area contributed by atoms with E-state index >= 15 is 0 Å². The van der Waals surface area contributed by atoms with E-state index in [0.717, 1.165) is 12.8 Å². The molecule has 0 fully saturated rings. The van der Waals surface area contributed by atoms with E-state index in [1.165, 1.54) is 89.5 Å². The molecule has 152 valence electrons. The van der Waals surface area contributed by atoms with E-state index in [-0.39, 0.29) is 11.6 Å². The van der Waals surface area contributed by atoms with Gasteiger partial charge in [0.25, 0.3) is 0 Å². The van der Waals surface area contributed by atoms with Gasteiger partial charge < -0.3 is 10.4 Å². The fourth-order valence-corrected chi connectivity index (χ4v) is 3.12. The van der Waals surface area contributed by atoms with Crippen LogP contribution < -0.4 is 5.32 Å². The second-order valence-corrected chi connectivity index (χ2v) is 7.26. The summed E-state index contributed by atoms with van der Waals surface area (Å²) in [5.41, 5.74) is -0.0315. The fraction of sp³-hybridized carbons (Fsp3) is 0.818. The number of rotatable bonds is 18. The van der Waals surface area contributed by atoms with E-state index in [4.69, 9.17) is 5.11 Å². The Bertz CT molecular complexity index is 391. The summed E-state index contributed by atoms with van der Waals surface area (Å²) in [6, 6.07) is 0. The molecule has 4 nitrogen and oxygen atoms in total. The number of aliphatic carboxylic acids is 1.